The normalized spacial score (nSPS) is 34.5. The molecule has 0 aliphatic carbocycles. The molecule has 0 saturated carbocycles. The first-order valence-corrected chi connectivity index (χ1v) is 7.03. The van der Waals surface area contributed by atoms with Crippen molar-refractivity contribution in [3.8, 4) is 0 Å². The Hall–Kier alpha value is -1.16. The molecule has 0 radical (unpaired) electrons. The zero-order valence-electron chi connectivity index (χ0n) is 11.3. The summed E-state index contributed by atoms with van der Waals surface area (Å²) in [5, 5.41) is 10.9. The van der Waals surface area contributed by atoms with Crippen LogP contribution >= 0.6 is 23.2 Å². The Morgan fingerprint density at radius 3 is 2.73 bits per heavy atom. The van der Waals surface area contributed by atoms with Crippen molar-refractivity contribution in [1.82, 2.24) is 10.2 Å². The lowest BCUT2D eigenvalue weighted by molar-refractivity contribution is -0.172. The summed E-state index contributed by atoms with van der Waals surface area (Å²) in [4.78, 5) is 35.6. The van der Waals surface area contributed by atoms with Crippen molar-refractivity contribution in [2.45, 2.75) is 42.4 Å². The summed E-state index contributed by atoms with van der Waals surface area (Å²) in [6.45, 7) is 0.431. The maximum absolute atomic E-state index is 13.7. The molecule has 0 aromatic heterocycles. The number of imide groups is 1. The molecule has 124 valence electrons. The summed E-state index contributed by atoms with van der Waals surface area (Å²) in [6.07, 6.45) is -5.88. The topological polar surface area (TPSA) is 105 Å². The van der Waals surface area contributed by atoms with Crippen molar-refractivity contribution < 1.29 is 33.4 Å². The molecule has 2 fully saturated rings. The molecule has 2 heterocycles. The zero-order chi connectivity index (χ0) is 16.7. The van der Waals surface area contributed by atoms with Gasteiger partial charge >= 0.3 is 12.0 Å². The van der Waals surface area contributed by atoms with Gasteiger partial charge in [0.25, 0.3) is 10.2 Å². The van der Waals surface area contributed by atoms with Crippen LogP contribution in [0.3, 0.4) is 0 Å². The first kappa shape index (κ1) is 17.2. The van der Waals surface area contributed by atoms with Crippen LogP contribution in [0.5, 0.6) is 0 Å². The number of hydrogen-bond donors (Lipinski definition) is 2. The van der Waals surface area contributed by atoms with E-state index >= 15 is 0 Å². The quantitative estimate of drug-likeness (QED) is 0.545. The van der Waals surface area contributed by atoms with Gasteiger partial charge in [-0.2, -0.15) is 0 Å². The van der Waals surface area contributed by atoms with Crippen molar-refractivity contribution in [1.29, 1.82) is 0 Å². The summed E-state index contributed by atoms with van der Waals surface area (Å²) in [5.41, 5.74) is 0. The fourth-order valence-electron chi connectivity index (χ4n) is 2.23. The molecular formula is C11H13Cl2FN2O6. The number of urea groups is 1. The number of aliphatic hydroxyl groups is 1. The number of rotatable bonds is 3. The maximum atomic E-state index is 13.7. The van der Waals surface area contributed by atoms with E-state index in [0.29, 0.717) is 0 Å². The van der Waals surface area contributed by atoms with E-state index < -0.39 is 53.6 Å². The Bertz CT molecular complexity index is 505. The SMILES string of the molecule is CC(=O)OC1N(C2CC(F)C(CO)O2)C(=O)NC(=O)C1(Cl)Cl. The van der Waals surface area contributed by atoms with Crippen molar-refractivity contribution in [2.24, 2.45) is 0 Å². The van der Waals surface area contributed by atoms with Crippen LogP contribution in [0.25, 0.3) is 0 Å². The Balaban J connectivity index is 2.31. The van der Waals surface area contributed by atoms with Crippen molar-refractivity contribution in [3.05, 3.63) is 0 Å². The Kier molecular flexibility index (Phi) is 4.81. The lowest BCUT2D eigenvalue weighted by atomic mass is 10.2. The number of esters is 1. The Labute approximate surface area is 134 Å². The van der Waals surface area contributed by atoms with E-state index in [0.717, 1.165) is 11.8 Å². The number of ether oxygens (including phenoxy) is 2. The molecule has 4 unspecified atom stereocenters. The second-order valence-electron chi connectivity index (χ2n) is 4.81. The van der Waals surface area contributed by atoms with Gasteiger partial charge in [-0.1, -0.05) is 23.2 Å². The molecule has 11 heteroatoms. The van der Waals surface area contributed by atoms with Crippen LogP contribution < -0.4 is 5.32 Å². The molecule has 2 aliphatic rings. The molecule has 22 heavy (non-hydrogen) atoms. The number of carbonyl (C=O) groups is 3. The van der Waals surface area contributed by atoms with Crippen LogP contribution in [-0.2, 0) is 19.1 Å². The maximum Gasteiger partial charge on any atom is 0.329 e. The summed E-state index contributed by atoms with van der Waals surface area (Å²) >= 11 is 11.7. The first-order valence-electron chi connectivity index (χ1n) is 6.27. The number of carbonyl (C=O) groups excluding carboxylic acids is 3. The number of hydrogen-bond acceptors (Lipinski definition) is 6. The molecule has 0 spiro atoms. The monoisotopic (exact) mass is 358 g/mol. The van der Waals surface area contributed by atoms with Crippen molar-refractivity contribution in [2.75, 3.05) is 6.61 Å². The average Bonchev–Trinajstić information content (AvgIpc) is 2.77. The number of aliphatic hydroxyl groups excluding tert-OH is 1. The van der Waals surface area contributed by atoms with Crippen LogP contribution in [-0.4, -0.2) is 63.6 Å². The molecule has 2 rings (SSSR count). The van der Waals surface area contributed by atoms with E-state index in [1.807, 2.05) is 5.32 Å². The third-order valence-electron chi connectivity index (χ3n) is 3.25. The van der Waals surface area contributed by atoms with Crippen molar-refractivity contribution >= 4 is 41.1 Å². The average molecular weight is 359 g/mol. The second-order valence-corrected chi connectivity index (χ2v) is 6.20. The third kappa shape index (κ3) is 2.98. The summed E-state index contributed by atoms with van der Waals surface area (Å²) < 4.78 is 21.5. The van der Waals surface area contributed by atoms with Crippen LogP contribution in [0.15, 0.2) is 0 Å². The third-order valence-corrected chi connectivity index (χ3v) is 3.97. The van der Waals surface area contributed by atoms with Crippen molar-refractivity contribution in [3.63, 3.8) is 0 Å². The zero-order valence-corrected chi connectivity index (χ0v) is 12.8. The van der Waals surface area contributed by atoms with Crippen LogP contribution in [0, 0.1) is 0 Å². The van der Waals surface area contributed by atoms with Gasteiger partial charge < -0.3 is 14.6 Å². The molecule has 8 nitrogen and oxygen atoms in total. The summed E-state index contributed by atoms with van der Waals surface area (Å²) in [6, 6.07) is -0.996. The smallest absolute Gasteiger partial charge is 0.329 e. The minimum Gasteiger partial charge on any atom is -0.438 e. The highest BCUT2D eigenvalue weighted by Gasteiger charge is 2.58. The lowest BCUT2D eigenvalue weighted by Crippen LogP contribution is -2.68. The van der Waals surface area contributed by atoms with E-state index in [1.165, 1.54) is 0 Å². The number of alkyl halides is 3. The highest BCUT2D eigenvalue weighted by atomic mass is 35.5. The number of amides is 3. The fourth-order valence-corrected chi connectivity index (χ4v) is 2.63. The van der Waals surface area contributed by atoms with Crippen LogP contribution in [0.4, 0.5) is 9.18 Å². The minimum atomic E-state index is -2.29. The molecular weight excluding hydrogens is 346 g/mol. The number of nitrogens with zero attached hydrogens (tertiary/aromatic N) is 1. The Morgan fingerprint density at radius 1 is 1.59 bits per heavy atom. The summed E-state index contributed by atoms with van der Waals surface area (Å²) in [5.74, 6) is -1.92. The second kappa shape index (κ2) is 6.15. The van der Waals surface area contributed by atoms with E-state index in [4.69, 9.17) is 37.8 Å². The largest absolute Gasteiger partial charge is 0.438 e. The van der Waals surface area contributed by atoms with E-state index in [1.54, 1.807) is 0 Å². The fraction of sp³-hybridized carbons (Fsp3) is 0.727. The van der Waals surface area contributed by atoms with Crippen LogP contribution in [0.1, 0.15) is 13.3 Å². The molecule has 0 aromatic carbocycles. The first-order chi connectivity index (χ1) is 10.2. The van der Waals surface area contributed by atoms with Gasteiger partial charge in [0.2, 0.25) is 6.23 Å². The summed E-state index contributed by atoms with van der Waals surface area (Å²) in [7, 11) is 0. The Morgan fingerprint density at radius 2 is 2.23 bits per heavy atom. The van der Waals surface area contributed by atoms with E-state index in [2.05, 4.69) is 0 Å². The minimum absolute atomic E-state index is 0.297. The van der Waals surface area contributed by atoms with E-state index in [9.17, 15) is 18.8 Å². The standard InChI is InChI=1S/C11H13Cl2FN2O6/c1-4(18)21-9-11(12,13)8(19)15-10(20)16(9)7-2-5(14)6(3-17)22-7/h5-7,9,17H,2-3H2,1H3,(H,15,19,20). The highest BCUT2D eigenvalue weighted by Crippen LogP contribution is 2.37. The van der Waals surface area contributed by atoms with Crippen LogP contribution in [0.2, 0.25) is 0 Å². The van der Waals surface area contributed by atoms with Gasteiger partial charge in [0.1, 0.15) is 18.5 Å². The number of halogens is 3. The molecule has 3 amide bonds. The van der Waals surface area contributed by atoms with Gasteiger partial charge in [0.15, 0.2) is 0 Å². The lowest BCUT2D eigenvalue weighted by Gasteiger charge is -2.42. The molecule has 0 bridgehead atoms. The van der Waals surface area contributed by atoms with Gasteiger partial charge in [-0.25, -0.2) is 9.18 Å². The van der Waals surface area contributed by atoms with E-state index in [-0.39, 0.29) is 6.42 Å². The van der Waals surface area contributed by atoms with Gasteiger partial charge in [-0.3, -0.25) is 19.8 Å². The van der Waals surface area contributed by atoms with Gasteiger partial charge in [0, 0.05) is 13.3 Å². The molecule has 4 atom stereocenters. The molecule has 2 saturated heterocycles. The predicted molar refractivity (Wildman–Crippen MR) is 70.6 cm³/mol. The molecule has 0 aromatic rings. The van der Waals surface area contributed by atoms with Gasteiger partial charge in [0.05, 0.1) is 6.61 Å². The number of nitrogens with one attached hydrogen (secondary N) is 1. The predicted octanol–water partition coefficient (Wildman–Crippen LogP) is 0.0467. The van der Waals surface area contributed by atoms with Gasteiger partial charge in [-0.05, 0) is 0 Å². The molecule has 2 aliphatic heterocycles. The molecule has 2 N–H and O–H groups in total. The highest BCUT2D eigenvalue weighted by molar-refractivity contribution is 6.59. The van der Waals surface area contributed by atoms with Gasteiger partial charge in [-0.15, -0.1) is 0 Å².